The third-order valence-electron chi connectivity index (χ3n) is 4.39. The second kappa shape index (κ2) is 8.57. The van der Waals surface area contributed by atoms with Gasteiger partial charge < -0.3 is 23.8 Å². The second-order valence-electron chi connectivity index (χ2n) is 6.10. The highest BCUT2D eigenvalue weighted by Crippen LogP contribution is 2.27. The van der Waals surface area contributed by atoms with Gasteiger partial charge in [0.15, 0.2) is 0 Å². The molecule has 0 N–H and O–H groups in total. The number of methoxy groups -OCH3 is 3. The van der Waals surface area contributed by atoms with Crippen LogP contribution >= 0.6 is 0 Å². The van der Waals surface area contributed by atoms with E-state index in [1.807, 2.05) is 0 Å². The molecule has 0 bridgehead atoms. The monoisotopic (exact) mass is 373 g/mol. The Morgan fingerprint density at radius 3 is 2.67 bits per heavy atom. The fourth-order valence-electron chi connectivity index (χ4n) is 3.02. The first-order chi connectivity index (χ1) is 13.1. The van der Waals surface area contributed by atoms with Crippen LogP contribution in [0, 0.1) is 0 Å². The van der Waals surface area contributed by atoms with E-state index in [0.717, 1.165) is 12.8 Å². The fraction of sp³-hybridized carbons (Fsp3) is 0.421. The van der Waals surface area contributed by atoms with Crippen molar-refractivity contribution in [2.24, 2.45) is 0 Å². The fourth-order valence-corrected chi connectivity index (χ4v) is 3.02. The number of aromatic nitrogens is 2. The van der Waals surface area contributed by atoms with E-state index in [1.165, 1.54) is 26.6 Å². The Hall–Kier alpha value is -3.03. The Kier molecular flexibility index (Phi) is 5.95. The number of carbonyl (C=O) groups is 1. The maximum atomic E-state index is 13.0. The van der Waals surface area contributed by atoms with Gasteiger partial charge in [-0.3, -0.25) is 9.78 Å². The van der Waals surface area contributed by atoms with Gasteiger partial charge in [0.2, 0.25) is 11.8 Å². The van der Waals surface area contributed by atoms with Gasteiger partial charge in [-0.05, 0) is 25.0 Å². The van der Waals surface area contributed by atoms with Crippen LogP contribution in [0.1, 0.15) is 23.2 Å². The minimum atomic E-state index is -0.159. The maximum Gasteiger partial charge on any atom is 0.257 e. The zero-order valence-corrected chi connectivity index (χ0v) is 15.7. The number of piperidine rings is 1. The van der Waals surface area contributed by atoms with Gasteiger partial charge in [-0.15, -0.1) is 0 Å². The Morgan fingerprint density at radius 1 is 1.11 bits per heavy atom. The first-order valence-electron chi connectivity index (χ1n) is 8.68. The van der Waals surface area contributed by atoms with E-state index in [1.54, 1.807) is 30.2 Å². The van der Waals surface area contributed by atoms with E-state index in [0.29, 0.717) is 41.9 Å². The van der Waals surface area contributed by atoms with Crippen molar-refractivity contribution < 1.29 is 23.7 Å². The van der Waals surface area contributed by atoms with Crippen LogP contribution in [-0.4, -0.2) is 61.3 Å². The summed E-state index contributed by atoms with van der Waals surface area (Å²) < 4.78 is 21.5. The molecule has 3 rings (SSSR count). The number of rotatable bonds is 6. The first-order valence-corrected chi connectivity index (χ1v) is 8.68. The molecule has 0 saturated carbocycles. The molecule has 1 aromatic heterocycles. The summed E-state index contributed by atoms with van der Waals surface area (Å²) in [6, 6.07) is 5.18. The third kappa shape index (κ3) is 4.39. The molecular weight excluding hydrogens is 350 g/mol. The summed E-state index contributed by atoms with van der Waals surface area (Å²) in [4.78, 5) is 23.0. The summed E-state index contributed by atoms with van der Waals surface area (Å²) in [6.07, 6.45) is 4.57. The van der Waals surface area contributed by atoms with E-state index in [4.69, 9.17) is 18.9 Å². The van der Waals surface area contributed by atoms with Crippen molar-refractivity contribution >= 4 is 5.91 Å². The Balaban J connectivity index is 1.71. The molecular formula is C19H23N3O5. The number of ether oxygens (including phenoxy) is 4. The summed E-state index contributed by atoms with van der Waals surface area (Å²) >= 11 is 0. The topological polar surface area (TPSA) is 83.0 Å². The van der Waals surface area contributed by atoms with Gasteiger partial charge in [-0.2, -0.15) is 4.98 Å². The van der Waals surface area contributed by atoms with Crippen molar-refractivity contribution in [3.63, 3.8) is 0 Å². The van der Waals surface area contributed by atoms with Gasteiger partial charge >= 0.3 is 0 Å². The summed E-state index contributed by atoms with van der Waals surface area (Å²) in [5.41, 5.74) is 0.500. The number of hydrogen-bond acceptors (Lipinski definition) is 7. The van der Waals surface area contributed by atoms with Gasteiger partial charge in [0.05, 0.1) is 45.8 Å². The van der Waals surface area contributed by atoms with Gasteiger partial charge in [0.1, 0.15) is 17.6 Å². The van der Waals surface area contributed by atoms with Gasteiger partial charge in [0, 0.05) is 12.6 Å². The molecule has 144 valence electrons. The maximum absolute atomic E-state index is 13.0. The van der Waals surface area contributed by atoms with Crippen molar-refractivity contribution in [2.45, 2.75) is 18.9 Å². The molecule has 0 spiro atoms. The largest absolute Gasteiger partial charge is 0.497 e. The van der Waals surface area contributed by atoms with Crippen LogP contribution in [0.4, 0.5) is 0 Å². The van der Waals surface area contributed by atoms with Crippen LogP contribution in [0.3, 0.4) is 0 Å². The van der Waals surface area contributed by atoms with Crippen LogP contribution in [0.2, 0.25) is 0 Å². The number of hydrogen-bond donors (Lipinski definition) is 0. The summed E-state index contributed by atoms with van der Waals surface area (Å²) in [7, 11) is 4.64. The van der Waals surface area contributed by atoms with E-state index >= 15 is 0 Å². The van der Waals surface area contributed by atoms with Gasteiger partial charge in [-0.25, -0.2) is 0 Å². The number of likely N-dealkylation sites (tertiary alicyclic amines) is 1. The Morgan fingerprint density at radius 2 is 1.93 bits per heavy atom. The molecule has 8 nitrogen and oxygen atoms in total. The van der Waals surface area contributed by atoms with Crippen LogP contribution in [0.25, 0.3) is 0 Å². The van der Waals surface area contributed by atoms with E-state index < -0.39 is 0 Å². The SMILES string of the molecule is COc1ccc(C(=O)N2CCC[C@@H](Oc3cncc(OC)n3)C2)c(OC)c1. The highest BCUT2D eigenvalue weighted by molar-refractivity contribution is 5.97. The summed E-state index contributed by atoms with van der Waals surface area (Å²) in [5, 5.41) is 0. The quantitative estimate of drug-likeness (QED) is 0.767. The lowest BCUT2D eigenvalue weighted by atomic mass is 10.1. The van der Waals surface area contributed by atoms with Crippen molar-refractivity contribution in [3.05, 3.63) is 36.2 Å². The molecule has 0 radical (unpaired) electrons. The number of nitrogens with zero attached hydrogens (tertiary/aromatic N) is 3. The molecule has 1 fully saturated rings. The molecule has 1 amide bonds. The molecule has 2 aromatic rings. The lowest BCUT2D eigenvalue weighted by Crippen LogP contribution is -2.44. The predicted molar refractivity (Wildman–Crippen MR) is 97.7 cm³/mol. The zero-order chi connectivity index (χ0) is 19.2. The Bertz CT molecular complexity index is 799. The van der Waals surface area contributed by atoms with Crippen molar-refractivity contribution in [3.8, 4) is 23.3 Å². The second-order valence-corrected chi connectivity index (χ2v) is 6.10. The van der Waals surface area contributed by atoms with Crippen LogP contribution in [0.5, 0.6) is 23.3 Å². The van der Waals surface area contributed by atoms with Gasteiger partial charge in [-0.1, -0.05) is 0 Å². The molecule has 27 heavy (non-hydrogen) atoms. The van der Waals surface area contributed by atoms with Gasteiger partial charge in [0.25, 0.3) is 5.91 Å². The average molecular weight is 373 g/mol. The minimum absolute atomic E-state index is 0.0977. The van der Waals surface area contributed by atoms with Crippen LogP contribution in [-0.2, 0) is 0 Å². The summed E-state index contributed by atoms with van der Waals surface area (Å²) in [5.74, 6) is 1.80. The lowest BCUT2D eigenvalue weighted by Gasteiger charge is -2.33. The van der Waals surface area contributed by atoms with Crippen LogP contribution in [0.15, 0.2) is 30.6 Å². The molecule has 1 aromatic carbocycles. The first kappa shape index (κ1) is 18.8. The third-order valence-corrected chi connectivity index (χ3v) is 4.39. The standard InChI is InChI=1S/C19H23N3O5/c1-24-13-6-7-15(16(9-13)25-2)19(23)22-8-4-5-14(12-22)27-18-11-20-10-17(21-18)26-3/h6-7,9-11,14H,4-5,8,12H2,1-3H3/t14-/m1/s1. The molecule has 2 heterocycles. The average Bonchev–Trinajstić information content (AvgIpc) is 2.73. The molecule has 0 aliphatic carbocycles. The molecule has 1 atom stereocenters. The predicted octanol–water partition coefficient (Wildman–Crippen LogP) is 2.19. The number of amides is 1. The molecule has 1 aliphatic rings. The Labute approximate surface area is 158 Å². The van der Waals surface area contributed by atoms with E-state index in [2.05, 4.69) is 9.97 Å². The number of benzene rings is 1. The van der Waals surface area contributed by atoms with Crippen LogP contribution < -0.4 is 18.9 Å². The molecule has 0 unspecified atom stereocenters. The number of carbonyl (C=O) groups excluding carboxylic acids is 1. The smallest absolute Gasteiger partial charge is 0.257 e. The normalized spacial score (nSPS) is 16.6. The van der Waals surface area contributed by atoms with Crippen molar-refractivity contribution in [2.75, 3.05) is 34.4 Å². The van der Waals surface area contributed by atoms with Crippen molar-refractivity contribution in [1.29, 1.82) is 0 Å². The van der Waals surface area contributed by atoms with E-state index in [9.17, 15) is 4.79 Å². The molecule has 1 saturated heterocycles. The van der Waals surface area contributed by atoms with E-state index in [-0.39, 0.29) is 12.0 Å². The summed E-state index contributed by atoms with van der Waals surface area (Å²) in [6.45, 7) is 1.13. The molecule has 8 heteroatoms. The highest BCUT2D eigenvalue weighted by atomic mass is 16.5. The zero-order valence-electron chi connectivity index (χ0n) is 15.7. The molecule has 1 aliphatic heterocycles. The lowest BCUT2D eigenvalue weighted by molar-refractivity contribution is 0.0522. The van der Waals surface area contributed by atoms with Crippen molar-refractivity contribution in [1.82, 2.24) is 14.9 Å². The highest BCUT2D eigenvalue weighted by Gasteiger charge is 2.28. The minimum Gasteiger partial charge on any atom is -0.497 e.